The van der Waals surface area contributed by atoms with Gasteiger partial charge in [0.1, 0.15) is 0 Å². The first-order chi connectivity index (χ1) is 7.06. The normalized spacial score (nSPS) is 11.3. The molecule has 2 nitrogen and oxygen atoms in total. The molecule has 0 heterocycles. The molecule has 0 saturated heterocycles. The van der Waals surface area contributed by atoms with Gasteiger partial charge in [-0.05, 0) is 37.8 Å². The summed E-state index contributed by atoms with van der Waals surface area (Å²) < 4.78 is 0. The SMILES string of the molecule is CC(C)CCN(CCC#N)CCC(C)C. The summed E-state index contributed by atoms with van der Waals surface area (Å²) in [7, 11) is 0. The number of rotatable bonds is 8. The van der Waals surface area contributed by atoms with E-state index in [1.54, 1.807) is 0 Å². The van der Waals surface area contributed by atoms with Crippen LogP contribution in [0.2, 0.25) is 0 Å². The van der Waals surface area contributed by atoms with Crippen LogP contribution < -0.4 is 0 Å². The van der Waals surface area contributed by atoms with Gasteiger partial charge in [-0.25, -0.2) is 0 Å². The Morgan fingerprint density at radius 2 is 1.40 bits per heavy atom. The first-order valence-corrected chi connectivity index (χ1v) is 6.15. The molecule has 0 amide bonds. The highest BCUT2D eigenvalue weighted by molar-refractivity contribution is 4.72. The molecule has 0 fully saturated rings. The minimum atomic E-state index is 0.663. The highest BCUT2D eigenvalue weighted by atomic mass is 15.1. The molecule has 0 rings (SSSR count). The van der Waals surface area contributed by atoms with Gasteiger partial charge in [-0.1, -0.05) is 27.7 Å². The van der Waals surface area contributed by atoms with Crippen LogP contribution in [0.4, 0.5) is 0 Å². The Morgan fingerprint density at radius 1 is 0.933 bits per heavy atom. The molecule has 0 unspecified atom stereocenters. The third-order valence-corrected chi connectivity index (χ3v) is 2.59. The summed E-state index contributed by atoms with van der Waals surface area (Å²) in [4.78, 5) is 2.43. The van der Waals surface area contributed by atoms with Crippen molar-refractivity contribution < 1.29 is 0 Å². The van der Waals surface area contributed by atoms with Crippen molar-refractivity contribution in [2.75, 3.05) is 19.6 Å². The van der Waals surface area contributed by atoms with Gasteiger partial charge in [0.25, 0.3) is 0 Å². The molecule has 0 aromatic carbocycles. The monoisotopic (exact) mass is 210 g/mol. The van der Waals surface area contributed by atoms with E-state index in [0.29, 0.717) is 6.42 Å². The number of nitriles is 1. The molecule has 0 aromatic heterocycles. The van der Waals surface area contributed by atoms with Gasteiger partial charge in [-0.15, -0.1) is 0 Å². The molecule has 0 aliphatic rings. The summed E-state index contributed by atoms with van der Waals surface area (Å²) in [6.45, 7) is 12.2. The average molecular weight is 210 g/mol. The lowest BCUT2D eigenvalue weighted by atomic mass is 10.1. The van der Waals surface area contributed by atoms with E-state index >= 15 is 0 Å². The second-order valence-corrected chi connectivity index (χ2v) is 5.11. The number of hydrogen-bond donors (Lipinski definition) is 0. The average Bonchev–Trinajstić information content (AvgIpc) is 2.16. The fourth-order valence-corrected chi connectivity index (χ4v) is 1.43. The van der Waals surface area contributed by atoms with Crippen LogP contribution in [0.25, 0.3) is 0 Å². The highest BCUT2D eigenvalue weighted by Crippen LogP contribution is 2.06. The Morgan fingerprint density at radius 3 is 1.73 bits per heavy atom. The second kappa shape index (κ2) is 8.73. The topological polar surface area (TPSA) is 27.0 Å². The second-order valence-electron chi connectivity index (χ2n) is 5.11. The van der Waals surface area contributed by atoms with Crippen LogP contribution >= 0.6 is 0 Å². The van der Waals surface area contributed by atoms with Gasteiger partial charge in [0.05, 0.1) is 6.07 Å². The lowest BCUT2D eigenvalue weighted by Gasteiger charge is -2.22. The molecule has 0 spiro atoms. The Hall–Kier alpha value is -0.550. The quantitative estimate of drug-likeness (QED) is 0.614. The third-order valence-electron chi connectivity index (χ3n) is 2.59. The lowest BCUT2D eigenvalue weighted by Crippen LogP contribution is -2.28. The summed E-state index contributed by atoms with van der Waals surface area (Å²) in [5, 5.41) is 8.59. The predicted octanol–water partition coefficient (Wildman–Crippen LogP) is 3.29. The van der Waals surface area contributed by atoms with Gasteiger partial charge in [0, 0.05) is 13.0 Å². The first kappa shape index (κ1) is 14.5. The molecule has 0 aliphatic carbocycles. The zero-order valence-electron chi connectivity index (χ0n) is 10.8. The highest BCUT2D eigenvalue weighted by Gasteiger charge is 2.06. The van der Waals surface area contributed by atoms with Crippen molar-refractivity contribution in [2.45, 2.75) is 47.0 Å². The van der Waals surface area contributed by atoms with Crippen molar-refractivity contribution >= 4 is 0 Å². The maximum atomic E-state index is 8.59. The van der Waals surface area contributed by atoms with Gasteiger partial charge in [0.2, 0.25) is 0 Å². The summed E-state index contributed by atoms with van der Waals surface area (Å²) in [5.41, 5.74) is 0. The van der Waals surface area contributed by atoms with Crippen molar-refractivity contribution in [2.24, 2.45) is 11.8 Å². The zero-order valence-corrected chi connectivity index (χ0v) is 10.8. The minimum absolute atomic E-state index is 0.663. The van der Waals surface area contributed by atoms with Crippen LogP contribution in [-0.4, -0.2) is 24.5 Å². The van der Waals surface area contributed by atoms with Crippen LogP contribution in [0.3, 0.4) is 0 Å². The predicted molar refractivity (Wildman–Crippen MR) is 65.6 cm³/mol. The first-order valence-electron chi connectivity index (χ1n) is 6.15. The van der Waals surface area contributed by atoms with Gasteiger partial charge < -0.3 is 4.90 Å². The molecular weight excluding hydrogens is 184 g/mol. The Labute approximate surface area is 95.3 Å². The molecule has 2 heteroatoms. The molecule has 15 heavy (non-hydrogen) atoms. The van der Waals surface area contributed by atoms with E-state index < -0.39 is 0 Å². The molecule has 0 atom stereocenters. The summed E-state index contributed by atoms with van der Waals surface area (Å²) in [6, 6.07) is 2.23. The number of nitrogens with zero attached hydrogens (tertiary/aromatic N) is 2. The van der Waals surface area contributed by atoms with Gasteiger partial charge in [0.15, 0.2) is 0 Å². The molecule has 0 aliphatic heterocycles. The zero-order chi connectivity index (χ0) is 11.7. The Balaban J connectivity index is 3.79. The van der Waals surface area contributed by atoms with Gasteiger partial charge >= 0.3 is 0 Å². The van der Waals surface area contributed by atoms with Crippen LogP contribution in [0.5, 0.6) is 0 Å². The van der Waals surface area contributed by atoms with Crippen LogP contribution in [0, 0.1) is 23.2 Å². The van der Waals surface area contributed by atoms with Crippen LogP contribution in [0.15, 0.2) is 0 Å². The van der Waals surface area contributed by atoms with Crippen molar-refractivity contribution in [3.8, 4) is 6.07 Å². The molecule has 0 radical (unpaired) electrons. The minimum Gasteiger partial charge on any atom is -0.302 e. The lowest BCUT2D eigenvalue weighted by molar-refractivity contribution is 0.248. The van der Waals surface area contributed by atoms with E-state index in [9.17, 15) is 0 Å². The largest absolute Gasteiger partial charge is 0.302 e. The maximum absolute atomic E-state index is 8.59. The summed E-state index contributed by atoms with van der Waals surface area (Å²) >= 11 is 0. The van der Waals surface area contributed by atoms with E-state index in [1.165, 1.54) is 12.8 Å². The fourth-order valence-electron chi connectivity index (χ4n) is 1.43. The van der Waals surface area contributed by atoms with Crippen molar-refractivity contribution in [1.29, 1.82) is 5.26 Å². The van der Waals surface area contributed by atoms with E-state index in [1.807, 2.05) is 0 Å². The smallest absolute Gasteiger partial charge is 0.0635 e. The van der Waals surface area contributed by atoms with Crippen molar-refractivity contribution in [3.63, 3.8) is 0 Å². The van der Waals surface area contributed by atoms with Crippen LogP contribution in [0.1, 0.15) is 47.0 Å². The van der Waals surface area contributed by atoms with Crippen molar-refractivity contribution in [1.82, 2.24) is 4.90 Å². The van der Waals surface area contributed by atoms with E-state index in [-0.39, 0.29) is 0 Å². The van der Waals surface area contributed by atoms with E-state index in [2.05, 4.69) is 38.7 Å². The molecule has 0 saturated carbocycles. The molecule has 0 aromatic rings. The Kier molecular flexibility index (Phi) is 8.41. The standard InChI is InChI=1S/C13H26N2/c1-12(2)6-10-15(9-5-8-14)11-7-13(3)4/h12-13H,5-7,9-11H2,1-4H3. The maximum Gasteiger partial charge on any atom is 0.0635 e. The molecule has 88 valence electrons. The van der Waals surface area contributed by atoms with Crippen molar-refractivity contribution in [3.05, 3.63) is 0 Å². The van der Waals surface area contributed by atoms with Gasteiger partial charge in [-0.2, -0.15) is 5.26 Å². The van der Waals surface area contributed by atoms with Gasteiger partial charge in [-0.3, -0.25) is 0 Å². The fraction of sp³-hybridized carbons (Fsp3) is 0.923. The summed E-state index contributed by atoms with van der Waals surface area (Å²) in [6.07, 6.45) is 3.14. The van der Waals surface area contributed by atoms with E-state index in [4.69, 9.17) is 5.26 Å². The molecular formula is C13H26N2. The third kappa shape index (κ3) is 9.75. The number of hydrogen-bond acceptors (Lipinski definition) is 2. The summed E-state index contributed by atoms with van der Waals surface area (Å²) in [5.74, 6) is 1.52. The van der Waals surface area contributed by atoms with Crippen LogP contribution in [-0.2, 0) is 0 Å². The Bertz CT molecular complexity index is 167. The van der Waals surface area contributed by atoms with E-state index in [0.717, 1.165) is 31.5 Å². The molecule has 0 bridgehead atoms. The molecule has 0 N–H and O–H groups in total.